The summed E-state index contributed by atoms with van der Waals surface area (Å²) in [6, 6.07) is 0. The van der Waals surface area contributed by atoms with Crippen LogP contribution in [0.25, 0.3) is 0 Å². The number of hydrogen-bond donors (Lipinski definition) is 2. The first-order valence-corrected chi connectivity index (χ1v) is 9.91. The second-order valence-corrected chi connectivity index (χ2v) is 9.23. The van der Waals surface area contributed by atoms with Crippen LogP contribution < -0.4 is 5.32 Å². The second kappa shape index (κ2) is 8.07. The van der Waals surface area contributed by atoms with E-state index >= 15 is 0 Å². The van der Waals surface area contributed by atoms with Crippen molar-refractivity contribution in [2.75, 3.05) is 19.6 Å². The fourth-order valence-electron chi connectivity index (χ4n) is 4.10. The van der Waals surface area contributed by atoms with Gasteiger partial charge in [-0.15, -0.1) is 0 Å². The van der Waals surface area contributed by atoms with Gasteiger partial charge in [0.15, 0.2) is 0 Å². The molecule has 5 heteroatoms. The van der Waals surface area contributed by atoms with Crippen molar-refractivity contribution >= 4 is 11.8 Å². The van der Waals surface area contributed by atoms with E-state index in [-0.39, 0.29) is 29.1 Å². The summed E-state index contributed by atoms with van der Waals surface area (Å²) in [7, 11) is 0. The second-order valence-electron chi connectivity index (χ2n) is 9.23. The Labute approximate surface area is 152 Å². The standard InChI is InChI=1S/C20H36N2O3/c1-19(2,3)18(24)22-12-10-15(11-13-22)17(23)21-14-20(4,25)16-8-6-5-7-9-16/h15-16,25H,5-14H2,1-4H3,(H,21,23)/t20-/m0/s1. The fraction of sp³-hybridized carbons (Fsp3) is 0.900. The summed E-state index contributed by atoms with van der Waals surface area (Å²) in [5.41, 5.74) is -1.19. The molecule has 0 aromatic rings. The lowest BCUT2D eigenvalue weighted by Gasteiger charge is -2.37. The predicted molar refractivity (Wildman–Crippen MR) is 99.0 cm³/mol. The molecule has 1 atom stereocenters. The number of carbonyl (C=O) groups excluding carboxylic acids is 2. The molecule has 0 aromatic heterocycles. The molecule has 1 saturated heterocycles. The van der Waals surface area contributed by atoms with E-state index in [2.05, 4.69) is 5.32 Å². The Hall–Kier alpha value is -1.10. The number of nitrogens with one attached hydrogen (secondary N) is 1. The summed E-state index contributed by atoms with van der Waals surface area (Å²) in [5, 5.41) is 13.7. The summed E-state index contributed by atoms with van der Waals surface area (Å²) in [6.07, 6.45) is 7.12. The van der Waals surface area contributed by atoms with Crippen LogP contribution >= 0.6 is 0 Å². The summed E-state index contributed by atoms with van der Waals surface area (Å²) >= 11 is 0. The van der Waals surface area contributed by atoms with Gasteiger partial charge in [0, 0.05) is 31.0 Å². The van der Waals surface area contributed by atoms with E-state index < -0.39 is 5.60 Å². The van der Waals surface area contributed by atoms with Crippen LogP contribution in [0.3, 0.4) is 0 Å². The molecule has 0 unspecified atom stereocenters. The van der Waals surface area contributed by atoms with E-state index in [1.165, 1.54) is 19.3 Å². The number of rotatable bonds is 4. The first kappa shape index (κ1) is 20.2. The Morgan fingerprint density at radius 3 is 2.08 bits per heavy atom. The molecule has 25 heavy (non-hydrogen) atoms. The zero-order valence-electron chi connectivity index (χ0n) is 16.4. The molecular formula is C20H36N2O3. The Bertz CT molecular complexity index is 468. The molecule has 1 aliphatic carbocycles. The van der Waals surface area contributed by atoms with Crippen molar-refractivity contribution in [3.8, 4) is 0 Å². The van der Waals surface area contributed by atoms with Crippen molar-refractivity contribution in [2.45, 2.75) is 78.2 Å². The molecule has 2 amide bonds. The first-order valence-electron chi connectivity index (χ1n) is 9.91. The van der Waals surface area contributed by atoms with Crippen molar-refractivity contribution in [3.63, 3.8) is 0 Å². The van der Waals surface area contributed by atoms with Crippen LogP contribution in [-0.4, -0.2) is 47.1 Å². The summed E-state index contributed by atoms with van der Waals surface area (Å²) in [4.78, 5) is 26.7. The molecule has 1 aliphatic heterocycles. The van der Waals surface area contributed by atoms with Crippen LogP contribution in [0.4, 0.5) is 0 Å². The minimum atomic E-state index is -0.820. The highest BCUT2D eigenvalue weighted by atomic mass is 16.3. The molecule has 1 saturated carbocycles. The van der Waals surface area contributed by atoms with Crippen LogP contribution in [0.15, 0.2) is 0 Å². The zero-order chi connectivity index (χ0) is 18.7. The monoisotopic (exact) mass is 352 g/mol. The number of aliphatic hydroxyl groups is 1. The van der Waals surface area contributed by atoms with Gasteiger partial charge < -0.3 is 15.3 Å². The molecule has 0 spiro atoms. The largest absolute Gasteiger partial charge is 0.388 e. The minimum Gasteiger partial charge on any atom is -0.388 e. The van der Waals surface area contributed by atoms with Gasteiger partial charge in [0.2, 0.25) is 11.8 Å². The quantitative estimate of drug-likeness (QED) is 0.817. The topological polar surface area (TPSA) is 69.6 Å². The van der Waals surface area contributed by atoms with Gasteiger partial charge in [-0.25, -0.2) is 0 Å². The normalized spacial score (nSPS) is 23.2. The average Bonchev–Trinajstić information content (AvgIpc) is 2.59. The Kier molecular flexibility index (Phi) is 6.52. The smallest absolute Gasteiger partial charge is 0.227 e. The van der Waals surface area contributed by atoms with E-state index in [1.54, 1.807) is 0 Å². The highest BCUT2D eigenvalue weighted by molar-refractivity contribution is 5.82. The third kappa shape index (κ3) is 5.44. The van der Waals surface area contributed by atoms with Gasteiger partial charge in [0.05, 0.1) is 5.60 Å². The minimum absolute atomic E-state index is 0.0268. The number of piperidine rings is 1. The number of amides is 2. The highest BCUT2D eigenvalue weighted by Crippen LogP contribution is 2.32. The molecule has 5 nitrogen and oxygen atoms in total. The summed E-state index contributed by atoms with van der Waals surface area (Å²) in [6.45, 7) is 9.27. The summed E-state index contributed by atoms with van der Waals surface area (Å²) < 4.78 is 0. The Balaban J connectivity index is 1.78. The Morgan fingerprint density at radius 1 is 1.00 bits per heavy atom. The van der Waals surface area contributed by atoms with Gasteiger partial charge in [-0.1, -0.05) is 40.0 Å². The van der Waals surface area contributed by atoms with Crippen LogP contribution in [0, 0.1) is 17.3 Å². The lowest BCUT2D eigenvalue weighted by atomic mass is 9.78. The number of likely N-dealkylation sites (tertiary alicyclic amines) is 1. The maximum atomic E-state index is 12.5. The van der Waals surface area contributed by atoms with Crippen LogP contribution in [0.2, 0.25) is 0 Å². The van der Waals surface area contributed by atoms with E-state index in [4.69, 9.17) is 0 Å². The molecule has 2 fully saturated rings. The van der Waals surface area contributed by atoms with Crippen molar-refractivity contribution < 1.29 is 14.7 Å². The van der Waals surface area contributed by atoms with Crippen LogP contribution in [0.5, 0.6) is 0 Å². The third-order valence-corrected chi connectivity index (χ3v) is 5.90. The Morgan fingerprint density at radius 2 is 1.56 bits per heavy atom. The van der Waals surface area contributed by atoms with Crippen LogP contribution in [0.1, 0.15) is 72.6 Å². The van der Waals surface area contributed by atoms with E-state index in [0.717, 1.165) is 12.8 Å². The van der Waals surface area contributed by atoms with E-state index in [0.29, 0.717) is 32.5 Å². The molecule has 144 valence electrons. The molecule has 0 bridgehead atoms. The van der Waals surface area contributed by atoms with Gasteiger partial charge in [-0.3, -0.25) is 9.59 Å². The van der Waals surface area contributed by atoms with Crippen molar-refractivity contribution in [2.24, 2.45) is 17.3 Å². The van der Waals surface area contributed by atoms with Crippen molar-refractivity contribution in [3.05, 3.63) is 0 Å². The van der Waals surface area contributed by atoms with Crippen LogP contribution in [-0.2, 0) is 9.59 Å². The zero-order valence-corrected chi connectivity index (χ0v) is 16.4. The van der Waals surface area contributed by atoms with E-state index in [9.17, 15) is 14.7 Å². The number of nitrogens with zero attached hydrogens (tertiary/aromatic N) is 1. The van der Waals surface area contributed by atoms with Crippen molar-refractivity contribution in [1.82, 2.24) is 10.2 Å². The van der Waals surface area contributed by atoms with Gasteiger partial charge in [-0.2, -0.15) is 0 Å². The number of hydrogen-bond acceptors (Lipinski definition) is 3. The lowest BCUT2D eigenvalue weighted by Crippen LogP contribution is -2.50. The SMILES string of the molecule is CC(C)(C)C(=O)N1CCC(C(=O)NC[C@](C)(O)C2CCCCC2)CC1. The first-order chi connectivity index (χ1) is 11.6. The molecule has 1 heterocycles. The molecular weight excluding hydrogens is 316 g/mol. The summed E-state index contributed by atoms with van der Waals surface area (Å²) in [5.74, 6) is 0.421. The molecule has 2 rings (SSSR count). The average molecular weight is 353 g/mol. The maximum absolute atomic E-state index is 12.5. The maximum Gasteiger partial charge on any atom is 0.227 e. The van der Waals surface area contributed by atoms with Gasteiger partial charge in [0.1, 0.15) is 0 Å². The fourth-order valence-corrected chi connectivity index (χ4v) is 4.10. The molecule has 0 aromatic carbocycles. The highest BCUT2D eigenvalue weighted by Gasteiger charge is 2.35. The molecule has 2 N–H and O–H groups in total. The van der Waals surface area contributed by atoms with Crippen molar-refractivity contribution in [1.29, 1.82) is 0 Å². The lowest BCUT2D eigenvalue weighted by molar-refractivity contribution is -0.142. The predicted octanol–water partition coefficient (Wildman–Crippen LogP) is 2.72. The number of carbonyl (C=O) groups is 2. The molecule has 0 radical (unpaired) electrons. The van der Waals surface area contributed by atoms with Gasteiger partial charge >= 0.3 is 0 Å². The van der Waals surface area contributed by atoms with Gasteiger partial charge in [0.25, 0.3) is 0 Å². The third-order valence-electron chi connectivity index (χ3n) is 5.90. The van der Waals surface area contributed by atoms with E-state index in [1.807, 2.05) is 32.6 Å². The molecule has 2 aliphatic rings. The van der Waals surface area contributed by atoms with Gasteiger partial charge in [-0.05, 0) is 38.5 Å².